The van der Waals surface area contributed by atoms with Crippen LogP contribution in [0.4, 0.5) is 0 Å². The van der Waals surface area contributed by atoms with Crippen molar-refractivity contribution < 1.29 is 14.3 Å². The molecule has 2 rings (SSSR count). The summed E-state index contributed by atoms with van der Waals surface area (Å²) in [5.41, 5.74) is 1.11. The van der Waals surface area contributed by atoms with Crippen molar-refractivity contribution in [3.63, 3.8) is 0 Å². The summed E-state index contributed by atoms with van der Waals surface area (Å²) in [4.78, 5) is 25.3. The topological polar surface area (TPSA) is 46.6 Å². The van der Waals surface area contributed by atoms with Gasteiger partial charge in [0.05, 0.1) is 0 Å². The highest BCUT2D eigenvalue weighted by molar-refractivity contribution is 5.77. The lowest BCUT2D eigenvalue weighted by molar-refractivity contribution is -0.134. The molecule has 0 aromatic heterocycles. The largest absolute Gasteiger partial charge is 0.484 e. The number of nitrogens with zero attached hydrogens (tertiary/aromatic N) is 1. The fraction of sp³-hybridized carbons (Fsp3) is 0.619. The first-order valence-corrected chi connectivity index (χ1v) is 9.53. The molecule has 1 fully saturated rings. The molecule has 0 aliphatic heterocycles. The fourth-order valence-electron chi connectivity index (χ4n) is 3.35. The minimum atomic E-state index is 0.0474. The molecule has 1 amide bonds. The molecule has 0 unspecified atom stereocenters. The lowest BCUT2D eigenvalue weighted by Crippen LogP contribution is -2.40. The van der Waals surface area contributed by atoms with E-state index in [1.165, 1.54) is 32.1 Å². The van der Waals surface area contributed by atoms with Gasteiger partial charge in [0.1, 0.15) is 11.5 Å². The molecule has 0 saturated heterocycles. The van der Waals surface area contributed by atoms with Gasteiger partial charge in [0, 0.05) is 19.5 Å². The van der Waals surface area contributed by atoms with Gasteiger partial charge in [-0.05, 0) is 43.9 Å². The number of carbonyl (C=O) groups is 2. The van der Waals surface area contributed by atoms with Crippen LogP contribution in [0.5, 0.6) is 5.75 Å². The van der Waals surface area contributed by atoms with Crippen LogP contribution < -0.4 is 4.74 Å². The number of carbonyl (C=O) groups excluding carboxylic acids is 2. The van der Waals surface area contributed by atoms with Crippen LogP contribution >= 0.6 is 0 Å². The van der Waals surface area contributed by atoms with Gasteiger partial charge in [0.15, 0.2) is 6.61 Å². The van der Waals surface area contributed by atoms with Crippen molar-refractivity contribution >= 4 is 11.7 Å². The summed E-state index contributed by atoms with van der Waals surface area (Å²) in [5.74, 6) is 0.945. The Kier molecular flexibility index (Phi) is 7.96. The average molecular weight is 345 g/mol. The van der Waals surface area contributed by atoms with Gasteiger partial charge in [-0.15, -0.1) is 0 Å². The molecule has 0 N–H and O–H groups in total. The predicted octanol–water partition coefficient (Wildman–Crippen LogP) is 4.16. The second-order valence-corrected chi connectivity index (χ2v) is 7.14. The summed E-state index contributed by atoms with van der Waals surface area (Å²) in [5, 5.41) is 0. The first-order chi connectivity index (χ1) is 12.1. The highest BCUT2D eigenvalue weighted by Crippen LogP contribution is 2.21. The van der Waals surface area contributed by atoms with Gasteiger partial charge >= 0.3 is 0 Å². The highest BCUT2D eigenvalue weighted by Gasteiger charge is 2.20. The minimum Gasteiger partial charge on any atom is -0.484 e. The molecular weight excluding hydrogens is 314 g/mol. The van der Waals surface area contributed by atoms with Gasteiger partial charge in [0.2, 0.25) is 0 Å². The molecule has 1 aliphatic carbocycles. The summed E-state index contributed by atoms with van der Waals surface area (Å²) in [6.07, 6.45) is 9.84. The minimum absolute atomic E-state index is 0.0474. The first kappa shape index (κ1) is 19.5. The third kappa shape index (κ3) is 6.89. The number of ether oxygens (including phenoxy) is 1. The van der Waals surface area contributed by atoms with E-state index in [1.54, 1.807) is 6.92 Å². The van der Waals surface area contributed by atoms with E-state index in [1.807, 2.05) is 36.2 Å². The Balaban J connectivity index is 1.79. The molecule has 0 spiro atoms. The van der Waals surface area contributed by atoms with Gasteiger partial charge in [0.25, 0.3) is 5.91 Å². The SMILES string of the molecule is CC(=O)CCc1ccc(OCC(=O)N(C)C2CCCCCCC2)cc1. The van der Waals surface area contributed by atoms with Crippen molar-refractivity contribution in [3.05, 3.63) is 29.8 Å². The third-order valence-corrected chi connectivity index (χ3v) is 5.07. The summed E-state index contributed by atoms with van der Waals surface area (Å²) >= 11 is 0. The number of amides is 1. The molecular formula is C21H31NO3. The number of likely N-dealkylation sites (N-methyl/N-ethyl adjacent to an activating group) is 1. The standard InChI is InChI=1S/C21H31NO3/c1-17(23)10-11-18-12-14-20(15-13-18)25-16-21(24)22(2)19-8-6-4-3-5-7-9-19/h12-15,19H,3-11,16H2,1-2H3. The van der Waals surface area contributed by atoms with Crippen LogP contribution in [0.1, 0.15) is 63.9 Å². The van der Waals surface area contributed by atoms with Crippen molar-refractivity contribution in [1.82, 2.24) is 4.90 Å². The van der Waals surface area contributed by atoms with E-state index in [4.69, 9.17) is 4.74 Å². The van der Waals surface area contributed by atoms with Gasteiger partial charge < -0.3 is 14.4 Å². The normalized spacial score (nSPS) is 15.9. The van der Waals surface area contributed by atoms with Gasteiger partial charge in [-0.3, -0.25) is 4.79 Å². The molecule has 0 atom stereocenters. The number of ketones is 1. The van der Waals surface area contributed by atoms with Gasteiger partial charge in [-0.25, -0.2) is 0 Å². The number of hydrogen-bond donors (Lipinski definition) is 0. The second-order valence-electron chi connectivity index (χ2n) is 7.14. The lowest BCUT2D eigenvalue weighted by Gasteiger charge is -2.29. The third-order valence-electron chi connectivity index (χ3n) is 5.07. The summed E-state index contributed by atoms with van der Waals surface area (Å²) in [6, 6.07) is 8.02. The monoisotopic (exact) mass is 345 g/mol. The van der Waals surface area contributed by atoms with Crippen molar-refractivity contribution in [2.75, 3.05) is 13.7 Å². The number of benzene rings is 1. The molecule has 138 valence electrons. The Morgan fingerprint density at radius 3 is 2.24 bits per heavy atom. The predicted molar refractivity (Wildman–Crippen MR) is 99.8 cm³/mol. The van der Waals surface area contributed by atoms with Crippen LogP contribution in [0, 0.1) is 0 Å². The Hall–Kier alpha value is -1.84. The van der Waals surface area contributed by atoms with E-state index >= 15 is 0 Å². The van der Waals surface area contributed by atoms with Gasteiger partial charge in [-0.2, -0.15) is 0 Å². The quantitative estimate of drug-likeness (QED) is 0.745. The first-order valence-electron chi connectivity index (χ1n) is 9.53. The Morgan fingerprint density at radius 1 is 1.04 bits per heavy atom. The van der Waals surface area contributed by atoms with E-state index in [0.29, 0.717) is 18.2 Å². The van der Waals surface area contributed by atoms with E-state index in [0.717, 1.165) is 24.8 Å². The van der Waals surface area contributed by atoms with Crippen LogP contribution in [-0.2, 0) is 16.0 Å². The Labute approximate surface area is 151 Å². The zero-order valence-corrected chi connectivity index (χ0v) is 15.6. The van der Waals surface area contributed by atoms with Crippen LogP contribution in [0.3, 0.4) is 0 Å². The molecule has 1 aliphatic rings. The maximum absolute atomic E-state index is 12.4. The number of hydrogen-bond acceptors (Lipinski definition) is 3. The maximum Gasteiger partial charge on any atom is 0.260 e. The zero-order valence-electron chi connectivity index (χ0n) is 15.6. The smallest absolute Gasteiger partial charge is 0.260 e. The number of aryl methyl sites for hydroxylation is 1. The zero-order chi connectivity index (χ0) is 18.1. The molecule has 4 nitrogen and oxygen atoms in total. The van der Waals surface area contributed by atoms with E-state index < -0.39 is 0 Å². The number of rotatable bonds is 7. The molecule has 0 radical (unpaired) electrons. The van der Waals surface area contributed by atoms with Crippen molar-refractivity contribution in [2.24, 2.45) is 0 Å². The van der Waals surface area contributed by atoms with Crippen LogP contribution in [0.25, 0.3) is 0 Å². The van der Waals surface area contributed by atoms with Crippen LogP contribution in [-0.4, -0.2) is 36.3 Å². The van der Waals surface area contributed by atoms with E-state index in [9.17, 15) is 9.59 Å². The molecule has 1 saturated carbocycles. The average Bonchev–Trinajstić information content (AvgIpc) is 2.58. The van der Waals surface area contributed by atoms with Crippen molar-refractivity contribution in [2.45, 2.75) is 70.8 Å². The van der Waals surface area contributed by atoms with E-state index in [2.05, 4.69) is 0 Å². The Morgan fingerprint density at radius 2 is 1.64 bits per heavy atom. The van der Waals surface area contributed by atoms with Crippen LogP contribution in [0.2, 0.25) is 0 Å². The fourth-order valence-corrected chi connectivity index (χ4v) is 3.35. The van der Waals surface area contributed by atoms with Crippen molar-refractivity contribution in [1.29, 1.82) is 0 Å². The Bertz CT molecular complexity index is 545. The van der Waals surface area contributed by atoms with Gasteiger partial charge in [-0.1, -0.05) is 44.2 Å². The second kappa shape index (κ2) is 10.2. The molecule has 25 heavy (non-hydrogen) atoms. The maximum atomic E-state index is 12.4. The molecule has 1 aromatic carbocycles. The number of Topliss-reactive ketones (excluding diaryl/α,β-unsaturated/α-hetero) is 1. The summed E-state index contributed by atoms with van der Waals surface area (Å²) in [7, 11) is 1.91. The van der Waals surface area contributed by atoms with E-state index in [-0.39, 0.29) is 18.3 Å². The summed E-state index contributed by atoms with van der Waals surface area (Å²) in [6.45, 7) is 1.69. The summed E-state index contributed by atoms with van der Waals surface area (Å²) < 4.78 is 5.66. The molecule has 4 heteroatoms. The highest BCUT2D eigenvalue weighted by atomic mass is 16.5. The van der Waals surface area contributed by atoms with Crippen molar-refractivity contribution in [3.8, 4) is 5.75 Å². The molecule has 0 heterocycles. The molecule has 1 aromatic rings. The van der Waals surface area contributed by atoms with Crippen LogP contribution in [0.15, 0.2) is 24.3 Å². The molecule has 0 bridgehead atoms. The lowest BCUT2D eigenvalue weighted by atomic mass is 9.96.